The Kier molecular flexibility index (Phi) is 3.33. The molecule has 2 rings (SSSR count). The highest BCUT2D eigenvalue weighted by atomic mass is 16.5. The third kappa shape index (κ3) is 2.14. The monoisotopic (exact) mass is 235 g/mol. The average Bonchev–Trinajstić information content (AvgIpc) is 2.78. The number of hydrogen-bond donors (Lipinski definition) is 1. The van der Waals surface area contributed by atoms with Gasteiger partial charge in [-0.05, 0) is 39.5 Å². The lowest BCUT2D eigenvalue weighted by Gasteiger charge is -2.27. The topological polar surface area (TPSA) is 61.0 Å². The maximum atomic E-state index is 6.01. The molecule has 0 amide bonds. The molecule has 1 aromatic heterocycles. The van der Waals surface area contributed by atoms with Crippen molar-refractivity contribution in [3.63, 3.8) is 0 Å². The normalized spacial score (nSPS) is 17.8. The number of hydrogen-bond acceptors (Lipinski definition) is 4. The first-order valence-electron chi connectivity index (χ1n) is 6.40. The minimum Gasteiger partial charge on any atom is -0.383 e. The van der Waals surface area contributed by atoms with Gasteiger partial charge in [0.25, 0.3) is 0 Å². The molecule has 17 heavy (non-hydrogen) atoms. The van der Waals surface area contributed by atoms with E-state index in [1.165, 1.54) is 0 Å². The summed E-state index contributed by atoms with van der Waals surface area (Å²) < 4.78 is 5.80. The molecule has 0 aromatic carbocycles. The van der Waals surface area contributed by atoms with Crippen LogP contribution in [0.1, 0.15) is 50.7 Å². The van der Waals surface area contributed by atoms with E-state index < -0.39 is 5.60 Å². The molecule has 1 aliphatic rings. The van der Waals surface area contributed by atoms with E-state index in [9.17, 15) is 0 Å². The SMILES string of the molecule is CCOC(C)(CC)c1nc(N)c2c(n1)CCC2. The van der Waals surface area contributed by atoms with Crippen molar-refractivity contribution < 1.29 is 4.74 Å². The van der Waals surface area contributed by atoms with Crippen molar-refractivity contribution in [2.75, 3.05) is 12.3 Å². The third-order valence-electron chi connectivity index (χ3n) is 3.58. The highest BCUT2D eigenvalue weighted by Crippen LogP contribution is 2.31. The Labute approximate surface area is 103 Å². The molecule has 94 valence electrons. The number of nitrogens with zero attached hydrogens (tertiary/aromatic N) is 2. The van der Waals surface area contributed by atoms with Crippen molar-refractivity contribution in [1.82, 2.24) is 9.97 Å². The molecule has 4 nitrogen and oxygen atoms in total. The molecule has 0 bridgehead atoms. The molecule has 0 fully saturated rings. The van der Waals surface area contributed by atoms with Crippen molar-refractivity contribution in [3.05, 3.63) is 17.1 Å². The zero-order valence-corrected chi connectivity index (χ0v) is 10.9. The predicted octanol–water partition coefficient (Wildman–Crippen LogP) is 2.21. The first kappa shape index (κ1) is 12.3. The fourth-order valence-electron chi connectivity index (χ4n) is 2.34. The minimum absolute atomic E-state index is 0.416. The van der Waals surface area contributed by atoms with Gasteiger partial charge in [0.05, 0.1) is 0 Å². The Bertz CT molecular complexity index is 419. The van der Waals surface area contributed by atoms with Gasteiger partial charge in [-0.15, -0.1) is 0 Å². The van der Waals surface area contributed by atoms with Gasteiger partial charge in [0.2, 0.25) is 0 Å². The molecule has 4 heteroatoms. The number of aromatic nitrogens is 2. The maximum Gasteiger partial charge on any atom is 0.162 e. The van der Waals surface area contributed by atoms with Crippen LogP contribution in [0.2, 0.25) is 0 Å². The Morgan fingerprint density at radius 2 is 2.06 bits per heavy atom. The molecular formula is C13H21N3O. The van der Waals surface area contributed by atoms with E-state index in [0.717, 1.165) is 42.8 Å². The van der Waals surface area contributed by atoms with Crippen LogP contribution in [0.5, 0.6) is 0 Å². The fourth-order valence-corrected chi connectivity index (χ4v) is 2.34. The zero-order chi connectivity index (χ0) is 12.5. The number of anilines is 1. The van der Waals surface area contributed by atoms with Crippen LogP contribution in [0.25, 0.3) is 0 Å². The van der Waals surface area contributed by atoms with Crippen molar-refractivity contribution in [3.8, 4) is 0 Å². The molecule has 1 atom stereocenters. The summed E-state index contributed by atoms with van der Waals surface area (Å²) in [6, 6.07) is 0. The van der Waals surface area contributed by atoms with Gasteiger partial charge in [-0.2, -0.15) is 0 Å². The standard InChI is InChI=1S/C13H21N3O/c1-4-13(3,17-5-2)12-15-10-8-6-7-9(10)11(14)16-12/h4-8H2,1-3H3,(H2,14,15,16). The second-order valence-electron chi connectivity index (χ2n) is 4.73. The lowest BCUT2D eigenvalue weighted by atomic mass is 10.0. The van der Waals surface area contributed by atoms with Crippen molar-refractivity contribution in [2.24, 2.45) is 0 Å². The summed E-state index contributed by atoms with van der Waals surface area (Å²) in [5.74, 6) is 1.38. The van der Waals surface area contributed by atoms with E-state index in [4.69, 9.17) is 10.5 Å². The number of nitrogens with two attached hydrogens (primary N) is 1. The summed E-state index contributed by atoms with van der Waals surface area (Å²) in [6.45, 7) is 6.77. The molecule has 1 aliphatic carbocycles. The molecule has 0 saturated carbocycles. The van der Waals surface area contributed by atoms with Gasteiger partial charge in [-0.25, -0.2) is 9.97 Å². The van der Waals surface area contributed by atoms with Crippen molar-refractivity contribution in [1.29, 1.82) is 0 Å². The largest absolute Gasteiger partial charge is 0.383 e. The van der Waals surface area contributed by atoms with Gasteiger partial charge < -0.3 is 10.5 Å². The predicted molar refractivity (Wildman–Crippen MR) is 67.7 cm³/mol. The summed E-state index contributed by atoms with van der Waals surface area (Å²) in [5, 5.41) is 0. The first-order chi connectivity index (χ1) is 8.10. The number of fused-ring (bicyclic) bond motifs is 1. The summed E-state index contributed by atoms with van der Waals surface area (Å²) in [6.07, 6.45) is 4.01. The second-order valence-corrected chi connectivity index (χ2v) is 4.73. The second kappa shape index (κ2) is 4.61. The summed E-state index contributed by atoms with van der Waals surface area (Å²) in [4.78, 5) is 9.11. The van der Waals surface area contributed by atoms with Crippen LogP contribution in [-0.2, 0) is 23.2 Å². The van der Waals surface area contributed by atoms with E-state index in [1.807, 2.05) is 13.8 Å². The van der Waals surface area contributed by atoms with Crippen LogP contribution in [0, 0.1) is 0 Å². The van der Waals surface area contributed by atoms with Gasteiger partial charge in [-0.1, -0.05) is 6.92 Å². The van der Waals surface area contributed by atoms with Gasteiger partial charge in [0.15, 0.2) is 5.82 Å². The molecule has 1 aromatic rings. The van der Waals surface area contributed by atoms with Gasteiger partial charge in [0, 0.05) is 17.9 Å². The van der Waals surface area contributed by atoms with E-state index in [0.29, 0.717) is 12.4 Å². The Morgan fingerprint density at radius 1 is 1.29 bits per heavy atom. The maximum absolute atomic E-state index is 6.01. The molecule has 0 spiro atoms. The number of rotatable bonds is 4. The zero-order valence-electron chi connectivity index (χ0n) is 10.9. The summed E-state index contributed by atoms with van der Waals surface area (Å²) in [7, 11) is 0. The average molecular weight is 235 g/mol. The molecule has 1 unspecified atom stereocenters. The molecule has 2 N–H and O–H groups in total. The third-order valence-corrected chi connectivity index (χ3v) is 3.58. The van der Waals surface area contributed by atoms with Crippen molar-refractivity contribution >= 4 is 5.82 Å². The highest BCUT2D eigenvalue weighted by molar-refractivity contribution is 5.45. The van der Waals surface area contributed by atoms with E-state index >= 15 is 0 Å². The van der Waals surface area contributed by atoms with Crippen LogP contribution in [0.3, 0.4) is 0 Å². The van der Waals surface area contributed by atoms with Crippen LogP contribution in [-0.4, -0.2) is 16.6 Å². The summed E-state index contributed by atoms with van der Waals surface area (Å²) >= 11 is 0. The quantitative estimate of drug-likeness (QED) is 0.869. The molecule has 0 aliphatic heterocycles. The summed E-state index contributed by atoms with van der Waals surface area (Å²) in [5.41, 5.74) is 7.86. The molecule has 0 radical (unpaired) electrons. The minimum atomic E-state index is -0.416. The van der Waals surface area contributed by atoms with Crippen LogP contribution in [0.4, 0.5) is 5.82 Å². The highest BCUT2D eigenvalue weighted by Gasteiger charge is 2.30. The Morgan fingerprint density at radius 3 is 2.71 bits per heavy atom. The fraction of sp³-hybridized carbons (Fsp3) is 0.692. The van der Waals surface area contributed by atoms with E-state index in [-0.39, 0.29) is 0 Å². The first-order valence-corrected chi connectivity index (χ1v) is 6.40. The van der Waals surface area contributed by atoms with E-state index in [2.05, 4.69) is 16.9 Å². The van der Waals surface area contributed by atoms with Crippen LogP contribution in [0.15, 0.2) is 0 Å². The lowest BCUT2D eigenvalue weighted by Crippen LogP contribution is -2.29. The lowest BCUT2D eigenvalue weighted by molar-refractivity contribution is -0.0390. The van der Waals surface area contributed by atoms with Gasteiger partial charge in [-0.3, -0.25) is 0 Å². The van der Waals surface area contributed by atoms with E-state index in [1.54, 1.807) is 0 Å². The van der Waals surface area contributed by atoms with Crippen LogP contribution >= 0.6 is 0 Å². The Hall–Kier alpha value is -1.16. The van der Waals surface area contributed by atoms with Gasteiger partial charge in [0.1, 0.15) is 11.4 Å². The molecule has 0 saturated heterocycles. The molecule has 1 heterocycles. The number of aryl methyl sites for hydroxylation is 1. The smallest absolute Gasteiger partial charge is 0.162 e. The number of nitrogen functional groups attached to an aromatic ring is 1. The Balaban J connectivity index is 2.42. The van der Waals surface area contributed by atoms with Crippen LogP contribution < -0.4 is 5.73 Å². The van der Waals surface area contributed by atoms with Crippen molar-refractivity contribution in [2.45, 2.75) is 52.1 Å². The van der Waals surface area contributed by atoms with Gasteiger partial charge >= 0.3 is 0 Å². The molecular weight excluding hydrogens is 214 g/mol. The number of ether oxygens (including phenoxy) is 1.